The Morgan fingerprint density at radius 1 is 1.20 bits per heavy atom. The molecule has 1 heterocycles. The third-order valence-corrected chi connectivity index (χ3v) is 3.58. The molecule has 1 amide bonds. The summed E-state index contributed by atoms with van der Waals surface area (Å²) in [6, 6.07) is 0. The van der Waals surface area contributed by atoms with Gasteiger partial charge in [0.15, 0.2) is 5.11 Å². The number of amides is 1. The third-order valence-electron chi connectivity index (χ3n) is 3.29. The molecule has 0 aromatic rings. The molecule has 1 aliphatic heterocycles. The van der Waals surface area contributed by atoms with E-state index >= 15 is 0 Å². The second-order valence-electron chi connectivity index (χ2n) is 4.92. The molecule has 1 rings (SSSR count). The Labute approximate surface area is 127 Å². The summed E-state index contributed by atoms with van der Waals surface area (Å²) in [5, 5.41) is 6.80. The van der Waals surface area contributed by atoms with Crippen molar-refractivity contribution in [2.45, 2.75) is 39.0 Å². The highest BCUT2D eigenvalue weighted by molar-refractivity contribution is 7.80. The van der Waals surface area contributed by atoms with Gasteiger partial charge in [-0.15, -0.1) is 0 Å². The number of thiocarbonyl (C=S) groups is 1. The van der Waals surface area contributed by atoms with Crippen molar-refractivity contribution in [3.05, 3.63) is 0 Å². The van der Waals surface area contributed by atoms with Crippen molar-refractivity contribution in [2.24, 2.45) is 0 Å². The van der Waals surface area contributed by atoms with E-state index in [1.807, 2.05) is 11.8 Å². The van der Waals surface area contributed by atoms with Crippen LogP contribution in [0.2, 0.25) is 0 Å². The summed E-state index contributed by atoms with van der Waals surface area (Å²) in [6.45, 7) is 6.72. The summed E-state index contributed by atoms with van der Waals surface area (Å²) in [5.41, 5.74) is 0. The Hall–Kier alpha value is -0.880. The summed E-state index contributed by atoms with van der Waals surface area (Å²) >= 11 is 5.15. The van der Waals surface area contributed by atoms with E-state index in [-0.39, 0.29) is 5.91 Å². The molecule has 1 aliphatic rings. The topological polar surface area (TPSA) is 53.6 Å². The van der Waals surface area contributed by atoms with Gasteiger partial charge in [-0.3, -0.25) is 4.79 Å². The standard InChI is InChI=1S/C14H27N3O2S/c1-2-19-12-6-8-15-14(20)16-9-7-13(18)17-10-4-3-5-11-17/h2-12H2,1H3,(H2,15,16,20). The van der Waals surface area contributed by atoms with Crippen LogP contribution < -0.4 is 10.6 Å². The minimum absolute atomic E-state index is 0.233. The molecular weight excluding hydrogens is 274 g/mol. The molecule has 0 aromatic heterocycles. The maximum atomic E-state index is 11.9. The molecule has 0 radical (unpaired) electrons. The summed E-state index contributed by atoms with van der Waals surface area (Å²) in [6.07, 6.45) is 4.97. The fraction of sp³-hybridized carbons (Fsp3) is 0.857. The van der Waals surface area contributed by atoms with Gasteiger partial charge in [-0.1, -0.05) is 0 Å². The van der Waals surface area contributed by atoms with E-state index in [2.05, 4.69) is 10.6 Å². The summed E-state index contributed by atoms with van der Waals surface area (Å²) in [7, 11) is 0. The van der Waals surface area contributed by atoms with Gasteiger partial charge < -0.3 is 20.3 Å². The number of rotatable bonds is 8. The molecular formula is C14H27N3O2S. The van der Waals surface area contributed by atoms with E-state index in [4.69, 9.17) is 17.0 Å². The minimum atomic E-state index is 0.233. The van der Waals surface area contributed by atoms with Crippen LogP contribution in [0, 0.1) is 0 Å². The predicted molar refractivity (Wildman–Crippen MR) is 84.8 cm³/mol. The Balaban J connectivity index is 1.99. The highest BCUT2D eigenvalue weighted by Gasteiger charge is 2.15. The number of hydrogen-bond donors (Lipinski definition) is 2. The van der Waals surface area contributed by atoms with Gasteiger partial charge in [0.2, 0.25) is 5.91 Å². The van der Waals surface area contributed by atoms with E-state index in [0.717, 1.165) is 52.1 Å². The zero-order valence-corrected chi connectivity index (χ0v) is 13.3. The van der Waals surface area contributed by atoms with Crippen molar-refractivity contribution >= 4 is 23.2 Å². The average Bonchev–Trinajstić information content (AvgIpc) is 2.48. The molecule has 0 unspecified atom stereocenters. The molecule has 2 N–H and O–H groups in total. The number of nitrogens with zero attached hydrogens (tertiary/aromatic N) is 1. The van der Waals surface area contributed by atoms with Crippen molar-refractivity contribution in [1.82, 2.24) is 15.5 Å². The Morgan fingerprint density at radius 3 is 2.60 bits per heavy atom. The molecule has 0 aliphatic carbocycles. The van der Waals surface area contributed by atoms with Crippen molar-refractivity contribution in [3.8, 4) is 0 Å². The van der Waals surface area contributed by atoms with E-state index in [1.54, 1.807) is 0 Å². The van der Waals surface area contributed by atoms with E-state index < -0.39 is 0 Å². The number of hydrogen-bond acceptors (Lipinski definition) is 3. The van der Waals surface area contributed by atoms with Crippen molar-refractivity contribution in [2.75, 3.05) is 39.4 Å². The first-order valence-electron chi connectivity index (χ1n) is 7.61. The average molecular weight is 301 g/mol. The van der Waals surface area contributed by atoms with Crippen LogP contribution in [-0.2, 0) is 9.53 Å². The normalized spacial score (nSPS) is 14.9. The molecule has 5 nitrogen and oxygen atoms in total. The predicted octanol–water partition coefficient (Wildman–Crippen LogP) is 1.28. The molecule has 116 valence electrons. The maximum Gasteiger partial charge on any atom is 0.224 e. The number of ether oxygens (including phenoxy) is 1. The quantitative estimate of drug-likeness (QED) is 0.522. The van der Waals surface area contributed by atoms with Crippen LogP contribution in [0.4, 0.5) is 0 Å². The zero-order valence-electron chi connectivity index (χ0n) is 12.5. The molecule has 1 saturated heterocycles. The minimum Gasteiger partial charge on any atom is -0.382 e. The van der Waals surface area contributed by atoms with Crippen LogP contribution >= 0.6 is 12.2 Å². The molecule has 0 saturated carbocycles. The van der Waals surface area contributed by atoms with Crippen molar-refractivity contribution < 1.29 is 9.53 Å². The number of carbonyl (C=O) groups excluding carboxylic acids is 1. The van der Waals surface area contributed by atoms with Gasteiger partial charge in [-0.25, -0.2) is 0 Å². The van der Waals surface area contributed by atoms with Gasteiger partial charge in [-0.2, -0.15) is 0 Å². The highest BCUT2D eigenvalue weighted by Crippen LogP contribution is 2.09. The lowest BCUT2D eigenvalue weighted by Gasteiger charge is -2.26. The van der Waals surface area contributed by atoms with Gasteiger partial charge >= 0.3 is 0 Å². The van der Waals surface area contributed by atoms with Crippen LogP contribution in [0.25, 0.3) is 0 Å². The van der Waals surface area contributed by atoms with Gasteiger partial charge in [0.25, 0.3) is 0 Å². The van der Waals surface area contributed by atoms with E-state index in [0.29, 0.717) is 18.1 Å². The van der Waals surface area contributed by atoms with Crippen LogP contribution in [0.1, 0.15) is 39.0 Å². The lowest BCUT2D eigenvalue weighted by atomic mass is 10.1. The summed E-state index contributed by atoms with van der Waals surface area (Å²) in [5.74, 6) is 0.233. The monoisotopic (exact) mass is 301 g/mol. The van der Waals surface area contributed by atoms with Crippen molar-refractivity contribution in [1.29, 1.82) is 0 Å². The first-order valence-corrected chi connectivity index (χ1v) is 8.02. The van der Waals surface area contributed by atoms with Crippen LogP contribution in [0.3, 0.4) is 0 Å². The first-order chi connectivity index (χ1) is 9.74. The number of likely N-dealkylation sites (tertiary alicyclic amines) is 1. The van der Waals surface area contributed by atoms with Crippen LogP contribution in [0.15, 0.2) is 0 Å². The van der Waals surface area contributed by atoms with Gasteiger partial charge in [0, 0.05) is 45.8 Å². The third kappa shape index (κ3) is 7.65. The lowest BCUT2D eigenvalue weighted by molar-refractivity contribution is -0.131. The lowest BCUT2D eigenvalue weighted by Crippen LogP contribution is -2.40. The molecule has 0 aromatic carbocycles. The van der Waals surface area contributed by atoms with Crippen LogP contribution in [-0.4, -0.2) is 55.3 Å². The maximum absolute atomic E-state index is 11.9. The molecule has 1 fully saturated rings. The molecule has 0 atom stereocenters. The smallest absolute Gasteiger partial charge is 0.224 e. The van der Waals surface area contributed by atoms with Gasteiger partial charge in [0.05, 0.1) is 0 Å². The highest BCUT2D eigenvalue weighted by atomic mass is 32.1. The Morgan fingerprint density at radius 2 is 1.90 bits per heavy atom. The van der Waals surface area contributed by atoms with Gasteiger partial charge in [0.1, 0.15) is 0 Å². The number of nitrogens with one attached hydrogen (secondary N) is 2. The Bertz CT molecular complexity index is 294. The molecule has 20 heavy (non-hydrogen) atoms. The van der Waals surface area contributed by atoms with Crippen LogP contribution in [0.5, 0.6) is 0 Å². The zero-order chi connectivity index (χ0) is 14.6. The molecule has 0 bridgehead atoms. The fourth-order valence-corrected chi connectivity index (χ4v) is 2.37. The second kappa shape index (κ2) is 10.9. The van der Waals surface area contributed by atoms with E-state index in [9.17, 15) is 4.79 Å². The van der Waals surface area contributed by atoms with Crippen molar-refractivity contribution in [3.63, 3.8) is 0 Å². The number of piperidine rings is 1. The summed E-state index contributed by atoms with van der Waals surface area (Å²) in [4.78, 5) is 13.9. The fourth-order valence-electron chi connectivity index (χ4n) is 2.17. The van der Waals surface area contributed by atoms with E-state index in [1.165, 1.54) is 6.42 Å². The summed E-state index contributed by atoms with van der Waals surface area (Å²) < 4.78 is 5.24. The van der Waals surface area contributed by atoms with Gasteiger partial charge in [-0.05, 0) is 44.8 Å². The molecule has 0 spiro atoms. The Kier molecular flexibility index (Phi) is 9.32. The first kappa shape index (κ1) is 17.2. The largest absolute Gasteiger partial charge is 0.382 e. The second-order valence-corrected chi connectivity index (χ2v) is 5.33. The SMILES string of the molecule is CCOCCCNC(=S)NCCC(=O)N1CCCCC1. The molecule has 6 heteroatoms. The number of carbonyl (C=O) groups is 1.